The molecule has 0 atom stereocenters. The van der Waals surface area contributed by atoms with Gasteiger partial charge in [0.1, 0.15) is 0 Å². The van der Waals surface area contributed by atoms with Crippen LogP contribution in [0.4, 0.5) is 0 Å². The van der Waals surface area contributed by atoms with E-state index in [1.807, 2.05) is 27.7 Å². The lowest BCUT2D eigenvalue weighted by molar-refractivity contribution is 0.00578. The second-order valence-electron chi connectivity index (χ2n) is 6.50. The van der Waals surface area contributed by atoms with Gasteiger partial charge in [0, 0.05) is 10.2 Å². The number of hydrogen-bond acceptors (Lipinski definition) is 4. The first-order valence-electron chi connectivity index (χ1n) is 7.27. The minimum atomic E-state index is -0.981. The van der Waals surface area contributed by atoms with Crippen molar-refractivity contribution in [1.29, 1.82) is 0 Å². The van der Waals surface area contributed by atoms with E-state index in [1.165, 1.54) is 0 Å². The lowest BCUT2D eigenvalue weighted by Crippen LogP contribution is -2.41. The standard InChI is InChI=1S/C16H20BBrO4S/c1-15(2)16(3,4)22-17(21-15)11(9-23)7-10-5-6-12(18)8-13(10)14(19)20/h5-8,23H,9H2,1-4H3,(H,19,20). The summed E-state index contributed by atoms with van der Waals surface area (Å²) in [6, 6.07) is 5.13. The van der Waals surface area contributed by atoms with Gasteiger partial charge >= 0.3 is 13.1 Å². The highest BCUT2D eigenvalue weighted by Crippen LogP contribution is 2.39. The zero-order chi connectivity index (χ0) is 17.4. The molecule has 1 saturated heterocycles. The molecular formula is C16H20BBrO4S. The molecule has 7 heteroatoms. The van der Waals surface area contributed by atoms with Crippen molar-refractivity contribution in [3.8, 4) is 0 Å². The number of thiol groups is 1. The van der Waals surface area contributed by atoms with Gasteiger partial charge < -0.3 is 14.4 Å². The first-order valence-corrected chi connectivity index (χ1v) is 8.70. The lowest BCUT2D eigenvalue weighted by atomic mass is 9.78. The van der Waals surface area contributed by atoms with Gasteiger partial charge in [-0.15, -0.1) is 0 Å². The molecule has 1 aliphatic heterocycles. The molecule has 0 saturated carbocycles. The first-order chi connectivity index (χ1) is 10.6. The second-order valence-corrected chi connectivity index (χ2v) is 7.73. The fourth-order valence-electron chi connectivity index (χ4n) is 2.22. The quantitative estimate of drug-likeness (QED) is 0.592. The van der Waals surface area contributed by atoms with Gasteiger partial charge in [0.05, 0.1) is 16.8 Å². The van der Waals surface area contributed by atoms with Crippen LogP contribution in [0.15, 0.2) is 28.1 Å². The lowest BCUT2D eigenvalue weighted by Gasteiger charge is -2.32. The van der Waals surface area contributed by atoms with Crippen molar-refractivity contribution in [3.63, 3.8) is 0 Å². The third-order valence-corrected chi connectivity index (χ3v) is 5.18. The number of carbonyl (C=O) groups is 1. The van der Waals surface area contributed by atoms with Crippen LogP contribution in [0.5, 0.6) is 0 Å². The summed E-state index contributed by atoms with van der Waals surface area (Å²) in [5.74, 6) is -0.573. The molecule has 1 N–H and O–H groups in total. The van der Waals surface area contributed by atoms with Gasteiger partial charge in [0.25, 0.3) is 0 Å². The van der Waals surface area contributed by atoms with Crippen LogP contribution in [-0.2, 0) is 9.31 Å². The van der Waals surface area contributed by atoms with E-state index in [0.717, 1.165) is 9.95 Å². The van der Waals surface area contributed by atoms with Gasteiger partial charge in [-0.3, -0.25) is 0 Å². The summed E-state index contributed by atoms with van der Waals surface area (Å²) in [7, 11) is -0.539. The van der Waals surface area contributed by atoms with Crippen molar-refractivity contribution in [3.05, 3.63) is 39.3 Å². The normalized spacial score (nSPS) is 19.9. The van der Waals surface area contributed by atoms with Crippen molar-refractivity contribution in [2.45, 2.75) is 38.9 Å². The van der Waals surface area contributed by atoms with E-state index in [2.05, 4.69) is 28.6 Å². The molecule has 0 aromatic heterocycles. The number of hydrogen-bond donors (Lipinski definition) is 2. The van der Waals surface area contributed by atoms with Crippen LogP contribution in [0.2, 0.25) is 0 Å². The average Bonchev–Trinajstić information content (AvgIpc) is 2.65. The molecule has 0 radical (unpaired) electrons. The maximum Gasteiger partial charge on any atom is 0.491 e. The minimum absolute atomic E-state index is 0.218. The van der Waals surface area contributed by atoms with Gasteiger partial charge in [-0.05, 0) is 50.9 Å². The second kappa shape index (κ2) is 6.63. The summed E-state index contributed by atoms with van der Waals surface area (Å²) in [6.07, 6.45) is 1.78. The summed E-state index contributed by atoms with van der Waals surface area (Å²) in [5.41, 5.74) is 0.704. The Hall–Kier alpha value is -0.755. The molecule has 4 nitrogen and oxygen atoms in total. The Morgan fingerprint density at radius 1 is 1.30 bits per heavy atom. The maximum absolute atomic E-state index is 11.4. The van der Waals surface area contributed by atoms with E-state index >= 15 is 0 Å². The molecule has 124 valence electrons. The van der Waals surface area contributed by atoms with Crippen LogP contribution >= 0.6 is 28.6 Å². The van der Waals surface area contributed by atoms with Crippen molar-refractivity contribution < 1.29 is 19.2 Å². The highest BCUT2D eigenvalue weighted by atomic mass is 79.9. The summed E-state index contributed by atoms with van der Waals surface area (Å²) >= 11 is 7.65. The Bertz CT molecular complexity index is 641. The third kappa shape index (κ3) is 3.84. The largest absolute Gasteiger partial charge is 0.491 e. The molecule has 1 fully saturated rings. The molecule has 1 aliphatic rings. The van der Waals surface area contributed by atoms with Crippen LogP contribution in [0, 0.1) is 0 Å². The molecule has 0 amide bonds. The van der Waals surface area contributed by atoms with Crippen LogP contribution in [-0.4, -0.2) is 35.1 Å². The Labute approximate surface area is 150 Å². The monoisotopic (exact) mass is 398 g/mol. The molecule has 0 aliphatic carbocycles. The van der Waals surface area contributed by atoms with E-state index in [1.54, 1.807) is 24.3 Å². The van der Waals surface area contributed by atoms with Crippen LogP contribution < -0.4 is 0 Å². The number of halogens is 1. The fraction of sp³-hybridized carbons (Fsp3) is 0.438. The van der Waals surface area contributed by atoms with Crippen molar-refractivity contribution in [2.75, 3.05) is 5.75 Å². The molecule has 1 aromatic rings. The fourth-order valence-corrected chi connectivity index (χ4v) is 2.82. The highest BCUT2D eigenvalue weighted by molar-refractivity contribution is 9.10. The van der Waals surface area contributed by atoms with Gasteiger partial charge in [0.15, 0.2) is 0 Å². The average molecular weight is 399 g/mol. The summed E-state index contributed by atoms with van der Waals surface area (Å²) in [5, 5.41) is 9.38. The Kier molecular flexibility index (Phi) is 5.35. The summed E-state index contributed by atoms with van der Waals surface area (Å²) < 4.78 is 12.8. The van der Waals surface area contributed by atoms with E-state index in [0.29, 0.717) is 11.3 Å². The smallest absolute Gasteiger partial charge is 0.478 e. The van der Waals surface area contributed by atoms with Gasteiger partial charge in [-0.1, -0.05) is 28.1 Å². The maximum atomic E-state index is 11.4. The van der Waals surface area contributed by atoms with Gasteiger partial charge in [0.2, 0.25) is 0 Å². The van der Waals surface area contributed by atoms with Gasteiger partial charge in [-0.2, -0.15) is 12.6 Å². The molecule has 1 heterocycles. The van der Waals surface area contributed by atoms with Gasteiger partial charge in [-0.25, -0.2) is 4.79 Å². The number of benzene rings is 1. The van der Waals surface area contributed by atoms with Crippen molar-refractivity contribution in [1.82, 2.24) is 0 Å². The highest BCUT2D eigenvalue weighted by Gasteiger charge is 2.52. The summed E-state index contributed by atoms with van der Waals surface area (Å²) in [4.78, 5) is 11.4. The number of rotatable bonds is 4. The van der Waals surface area contributed by atoms with Crippen LogP contribution in [0.1, 0.15) is 43.6 Å². The van der Waals surface area contributed by atoms with Crippen LogP contribution in [0.25, 0.3) is 6.08 Å². The SMILES string of the molecule is CC1(C)OB(C(=Cc2ccc(Br)cc2C(=O)O)CS)OC1(C)C. The zero-order valence-corrected chi connectivity index (χ0v) is 16.1. The minimum Gasteiger partial charge on any atom is -0.478 e. The zero-order valence-electron chi connectivity index (χ0n) is 13.6. The number of carboxylic acid groups (broad SMARTS) is 1. The van der Waals surface area contributed by atoms with Crippen molar-refractivity contribution in [2.24, 2.45) is 0 Å². The van der Waals surface area contributed by atoms with Crippen molar-refractivity contribution >= 4 is 47.7 Å². The number of aromatic carboxylic acids is 1. The first kappa shape index (κ1) is 18.6. The number of carboxylic acids is 1. The summed E-state index contributed by atoms with van der Waals surface area (Å²) in [6.45, 7) is 7.91. The Morgan fingerprint density at radius 2 is 1.87 bits per heavy atom. The molecule has 0 unspecified atom stereocenters. The third-order valence-electron chi connectivity index (χ3n) is 4.33. The Morgan fingerprint density at radius 3 is 2.35 bits per heavy atom. The van der Waals surface area contributed by atoms with E-state index in [4.69, 9.17) is 9.31 Å². The predicted molar refractivity (Wildman–Crippen MR) is 99.0 cm³/mol. The molecule has 0 bridgehead atoms. The molecule has 2 rings (SSSR count). The molecule has 23 heavy (non-hydrogen) atoms. The molecular weight excluding hydrogens is 379 g/mol. The molecule has 1 aromatic carbocycles. The van der Waals surface area contributed by atoms with Crippen LogP contribution in [0.3, 0.4) is 0 Å². The topological polar surface area (TPSA) is 55.8 Å². The van der Waals surface area contributed by atoms with E-state index in [9.17, 15) is 9.90 Å². The van der Waals surface area contributed by atoms with E-state index in [-0.39, 0.29) is 5.56 Å². The Balaban J connectivity index is 2.40. The predicted octanol–water partition coefficient (Wildman–Crippen LogP) is 4.09. The van der Waals surface area contributed by atoms with E-state index < -0.39 is 24.3 Å². The molecule has 0 spiro atoms.